The van der Waals surface area contributed by atoms with Gasteiger partial charge in [-0.3, -0.25) is 14.5 Å². The number of aromatic nitrogens is 2. The van der Waals surface area contributed by atoms with Crippen molar-refractivity contribution in [3.8, 4) is 0 Å². The predicted molar refractivity (Wildman–Crippen MR) is 90.2 cm³/mol. The van der Waals surface area contributed by atoms with E-state index >= 15 is 0 Å². The van der Waals surface area contributed by atoms with Crippen LogP contribution in [0.15, 0.2) is 12.5 Å². The number of hydrogen-bond donors (Lipinski definition) is 1. The largest absolute Gasteiger partial charge is 0.350 e. The Morgan fingerprint density at radius 3 is 2.71 bits per heavy atom. The van der Waals surface area contributed by atoms with Gasteiger partial charge in [-0.2, -0.15) is 0 Å². The SMILES string of the molecule is CCN(CC(=O)N[C@@H]1CCC(=O)N(C)[C@H]1c1cncn1C)C1CC1. The molecule has 24 heavy (non-hydrogen) atoms. The molecular weight excluding hydrogens is 306 g/mol. The van der Waals surface area contributed by atoms with Gasteiger partial charge in [-0.15, -0.1) is 0 Å². The molecule has 1 aromatic heterocycles. The summed E-state index contributed by atoms with van der Waals surface area (Å²) < 4.78 is 1.92. The third kappa shape index (κ3) is 3.45. The molecule has 1 saturated heterocycles. The monoisotopic (exact) mass is 333 g/mol. The van der Waals surface area contributed by atoms with E-state index in [1.54, 1.807) is 24.5 Å². The van der Waals surface area contributed by atoms with Crippen LogP contribution in [0.5, 0.6) is 0 Å². The molecule has 7 heteroatoms. The Kier molecular flexibility index (Phi) is 4.89. The van der Waals surface area contributed by atoms with Gasteiger partial charge in [0.15, 0.2) is 0 Å². The fourth-order valence-corrected chi connectivity index (χ4v) is 3.62. The summed E-state index contributed by atoms with van der Waals surface area (Å²) >= 11 is 0. The van der Waals surface area contributed by atoms with Crippen molar-refractivity contribution in [2.24, 2.45) is 7.05 Å². The number of likely N-dealkylation sites (tertiary alicyclic amines) is 1. The Labute approximate surface area is 143 Å². The summed E-state index contributed by atoms with van der Waals surface area (Å²) in [6, 6.07) is 0.330. The van der Waals surface area contributed by atoms with Gasteiger partial charge in [0, 0.05) is 26.6 Å². The van der Waals surface area contributed by atoms with Gasteiger partial charge in [-0.1, -0.05) is 6.92 Å². The third-order valence-electron chi connectivity index (χ3n) is 5.18. The molecular formula is C17H27N5O2. The summed E-state index contributed by atoms with van der Waals surface area (Å²) in [6.45, 7) is 3.43. The van der Waals surface area contributed by atoms with E-state index in [1.165, 1.54) is 12.8 Å². The minimum atomic E-state index is -0.168. The number of piperidine rings is 1. The van der Waals surface area contributed by atoms with Gasteiger partial charge in [-0.05, 0) is 25.8 Å². The van der Waals surface area contributed by atoms with Crippen LogP contribution >= 0.6 is 0 Å². The zero-order chi connectivity index (χ0) is 17.3. The molecule has 0 radical (unpaired) electrons. The standard InChI is InChI=1S/C17H27N5O2/c1-4-22(12-5-6-12)10-15(23)19-13-7-8-16(24)21(3)17(13)14-9-18-11-20(14)2/h9,11-13,17H,4-8,10H2,1-3H3,(H,19,23)/t13-,17-/m1/s1. The number of aryl methyl sites for hydroxylation is 1. The van der Waals surface area contributed by atoms with Crippen LogP contribution in [0.25, 0.3) is 0 Å². The second kappa shape index (κ2) is 6.93. The molecule has 3 rings (SSSR count). The van der Waals surface area contributed by atoms with Crippen LogP contribution in [-0.4, -0.2) is 63.4 Å². The zero-order valence-electron chi connectivity index (χ0n) is 14.7. The molecule has 132 valence electrons. The van der Waals surface area contributed by atoms with E-state index in [0.29, 0.717) is 25.4 Å². The molecule has 1 aromatic rings. The lowest BCUT2D eigenvalue weighted by Crippen LogP contribution is -2.53. The molecule has 7 nitrogen and oxygen atoms in total. The van der Waals surface area contributed by atoms with Crippen LogP contribution in [0.3, 0.4) is 0 Å². The molecule has 0 bridgehead atoms. The molecule has 2 heterocycles. The van der Waals surface area contributed by atoms with E-state index in [0.717, 1.165) is 12.2 Å². The van der Waals surface area contributed by atoms with Gasteiger partial charge in [0.25, 0.3) is 0 Å². The maximum absolute atomic E-state index is 12.5. The lowest BCUT2D eigenvalue weighted by Gasteiger charge is -2.39. The average Bonchev–Trinajstić information content (AvgIpc) is 3.31. The number of imidazole rings is 1. The van der Waals surface area contributed by atoms with Crippen molar-refractivity contribution in [3.05, 3.63) is 18.2 Å². The van der Waals surface area contributed by atoms with E-state index < -0.39 is 0 Å². The molecule has 1 aliphatic heterocycles. The molecule has 2 amide bonds. The van der Waals surface area contributed by atoms with Crippen LogP contribution in [0.1, 0.15) is 44.3 Å². The summed E-state index contributed by atoms with van der Waals surface area (Å²) in [6.07, 6.45) is 7.03. The number of carbonyl (C=O) groups excluding carboxylic acids is 2. The number of rotatable bonds is 6. The molecule has 1 N–H and O–H groups in total. The highest BCUT2D eigenvalue weighted by Crippen LogP contribution is 2.31. The smallest absolute Gasteiger partial charge is 0.234 e. The lowest BCUT2D eigenvalue weighted by atomic mass is 9.93. The maximum Gasteiger partial charge on any atom is 0.234 e. The van der Waals surface area contributed by atoms with Gasteiger partial charge in [-0.25, -0.2) is 4.98 Å². The van der Waals surface area contributed by atoms with Gasteiger partial charge in [0.05, 0.1) is 36.8 Å². The Bertz CT molecular complexity index is 610. The Hall–Kier alpha value is -1.89. The van der Waals surface area contributed by atoms with E-state index in [1.807, 2.05) is 11.6 Å². The van der Waals surface area contributed by atoms with Crippen molar-refractivity contribution >= 4 is 11.8 Å². The summed E-state index contributed by atoms with van der Waals surface area (Å²) in [5.74, 6) is 0.156. The number of amides is 2. The fourth-order valence-electron chi connectivity index (χ4n) is 3.62. The Morgan fingerprint density at radius 1 is 1.38 bits per heavy atom. The second-order valence-electron chi connectivity index (χ2n) is 6.89. The molecule has 2 fully saturated rings. The van der Waals surface area contributed by atoms with Crippen LogP contribution in [0.4, 0.5) is 0 Å². The first-order valence-corrected chi connectivity index (χ1v) is 8.76. The third-order valence-corrected chi connectivity index (χ3v) is 5.18. The quantitative estimate of drug-likeness (QED) is 0.831. The predicted octanol–water partition coefficient (Wildman–Crippen LogP) is 0.683. The molecule has 0 unspecified atom stereocenters. The normalized spacial score (nSPS) is 24.5. The highest BCUT2D eigenvalue weighted by atomic mass is 16.2. The molecule has 2 aliphatic rings. The van der Waals surface area contributed by atoms with Crippen molar-refractivity contribution in [1.29, 1.82) is 0 Å². The van der Waals surface area contributed by atoms with Crippen LogP contribution in [-0.2, 0) is 16.6 Å². The molecule has 1 saturated carbocycles. The van der Waals surface area contributed by atoms with Gasteiger partial charge in [0.1, 0.15) is 0 Å². The van der Waals surface area contributed by atoms with E-state index in [2.05, 4.69) is 22.1 Å². The van der Waals surface area contributed by atoms with E-state index in [4.69, 9.17) is 0 Å². The summed E-state index contributed by atoms with van der Waals surface area (Å²) in [4.78, 5) is 32.8. The lowest BCUT2D eigenvalue weighted by molar-refractivity contribution is -0.138. The van der Waals surface area contributed by atoms with Crippen LogP contribution in [0, 0.1) is 0 Å². The van der Waals surface area contributed by atoms with Gasteiger partial charge in [0.2, 0.25) is 11.8 Å². The summed E-state index contributed by atoms with van der Waals surface area (Å²) in [7, 11) is 3.72. The average molecular weight is 333 g/mol. The minimum absolute atomic E-state index is 0.0451. The first kappa shape index (κ1) is 17.0. The first-order valence-electron chi connectivity index (χ1n) is 8.76. The number of carbonyl (C=O) groups is 2. The summed E-state index contributed by atoms with van der Waals surface area (Å²) in [5, 5.41) is 3.17. The van der Waals surface area contributed by atoms with Crippen molar-refractivity contribution in [1.82, 2.24) is 24.7 Å². The molecule has 1 aliphatic carbocycles. The number of hydrogen-bond acceptors (Lipinski definition) is 4. The summed E-state index contributed by atoms with van der Waals surface area (Å²) in [5.41, 5.74) is 0.949. The van der Waals surface area contributed by atoms with Crippen molar-refractivity contribution in [2.75, 3.05) is 20.1 Å². The minimum Gasteiger partial charge on any atom is -0.350 e. The van der Waals surface area contributed by atoms with Crippen LogP contribution < -0.4 is 5.32 Å². The fraction of sp³-hybridized carbons (Fsp3) is 0.706. The Balaban J connectivity index is 1.71. The first-order chi connectivity index (χ1) is 11.5. The van der Waals surface area contributed by atoms with Crippen molar-refractivity contribution in [3.63, 3.8) is 0 Å². The topological polar surface area (TPSA) is 70.5 Å². The molecule has 2 atom stereocenters. The maximum atomic E-state index is 12.5. The molecule has 0 spiro atoms. The number of nitrogens with one attached hydrogen (secondary N) is 1. The van der Waals surface area contributed by atoms with Gasteiger partial charge >= 0.3 is 0 Å². The number of nitrogens with zero attached hydrogens (tertiary/aromatic N) is 4. The highest BCUT2D eigenvalue weighted by molar-refractivity contribution is 5.80. The second-order valence-corrected chi connectivity index (χ2v) is 6.89. The van der Waals surface area contributed by atoms with Crippen molar-refractivity contribution in [2.45, 2.75) is 50.7 Å². The van der Waals surface area contributed by atoms with E-state index in [-0.39, 0.29) is 23.9 Å². The van der Waals surface area contributed by atoms with E-state index in [9.17, 15) is 9.59 Å². The van der Waals surface area contributed by atoms with Crippen molar-refractivity contribution < 1.29 is 9.59 Å². The van der Waals surface area contributed by atoms with Gasteiger partial charge < -0.3 is 14.8 Å². The zero-order valence-corrected chi connectivity index (χ0v) is 14.7. The molecule has 0 aromatic carbocycles. The number of likely N-dealkylation sites (N-methyl/N-ethyl adjacent to an activating group) is 2. The Morgan fingerprint density at radius 2 is 2.12 bits per heavy atom. The van der Waals surface area contributed by atoms with Crippen LogP contribution in [0.2, 0.25) is 0 Å². The highest BCUT2D eigenvalue weighted by Gasteiger charge is 2.37.